The van der Waals surface area contributed by atoms with E-state index in [2.05, 4.69) is 20.8 Å². The van der Waals surface area contributed by atoms with E-state index in [-0.39, 0.29) is 5.91 Å². The van der Waals surface area contributed by atoms with E-state index >= 15 is 0 Å². The van der Waals surface area contributed by atoms with Gasteiger partial charge in [-0.25, -0.2) is 0 Å². The molecule has 8 nitrogen and oxygen atoms in total. The van der Waals surface area contributed by atoms with Crippen molar-refractivity contribution in [3.63, 3.8) is 0 Å². The molecule has 3 saturated heterocycles. The van der Waals surface area contributed by atoms with Crippen LogP contribution in [0.5, 0.6) is 0 Å². The van der Waals surface area contributed by atoms with Crippen molar-refractivity contribution in [1.29, 1.82) is 0 Å². The van der Waals surface area contributed by atoms with Crippen molar-refractivity contribution in [3.05, 3.63) is 48.0 Å². The van der Waals surface area contributed by atoms with Crippen LogP contribution < -0.4 is 20.4 Å². The Morgan fingerprint density at radius 1 is 0.686 bits per heavy atom. The van der Waals surface area contributed by atoms with Crippen LogP contribution in [0.3, 0.4) is 0 Å². The van der Waals surface area contributed by atoms with Gasteiger partial charge in [0.1, 0.15) is 11.6 Å². The maximum atomic E-state index is 13.4. The van der Waals surface area contributed by atoms with Gasteiger partial charge >= 0.3 is 0 Å². The highest BCUT2D eigenvalue weighted by Gasteiger charge is 2.27. The van der Waals surface area contributed by atoms with Gasteiger partial charge in [0.15, 0.2) is 0 Å². The number of rotatable bonds is 4. The zero-order valence-electron chi connectivity index (χ0n) is 20.2. The molecule has 6 rings (SSSR count). The fourth-order valence-corrected chi connectivity index (χ4v) is 5.49. The second-order valence-corrected chi connectivity index (χ2v) is 9.84. The Morgan fingerprint density at radius 2 is 1.23 bits per heavy atom. The summed E-state index contributed by atoms with van der Waals surface area (Å²) in [6, 6.07) is 14.0. The summed E-state index contributed by atoms with van der Waals surface area (Å²) in [6.07, 6.45) is 4.84. The Kier molecular flexibility index (Phi) is 5.80. The molecule has 0 radical (unpaired) electrons. The average Bonchev–Trinajstić information content (AvgIpc) is 3.63. The molecular weight excluding hydrogens is 438 g/mol. The molecule has 0 unspecified atom stereocenters. The average molecular weight is 472 g/mol. The van der Waals surface area contributed by atoms with Gasteiger partial charge in [-0.2, -0.15) is 9.97 Å². The lowest BCUT2D eigenvalue weighted by Gasteiger charge is -2.36. The fourth-order valence-electron chi connectivity index (χ4n) is 5.49. The molecule has 0 aliphatic carbocycles. The van der Waals surface area contributed by atoms with Crippen molar-refractivity contribution in [2.24, 2.45) is 0 Å². The third-order valence-corrected chi connectivity index (χ3v) is 7.55. The van der Waals surface area contributed by atoms with E-state index in [1.54, 1.807) is 0 Å². The van der Waals surface area contributed by atoms with E-state index < -0.39 is 0 Å². The van der Waals surface area contributed by atoms with Crippen molar-refractivity contribution in [2.75, 3.05) is 72.8 Å². The lowest BCUT2D eigenvalue weighted by atomic mass is 10.0. The minimum Gasteiger partial charge on any atom is -0.398 e. The quantitative estimate of drug-likeness (QED) is 0.584. The number of amides is 1. The standard InChI is InChI=1S/C27H33N7O/c28-23-18-21-8-2-1-7-20(21)17-22(23)26(35)33-15-13-32(14-16-33)25-19-24(31-9-3-4-10-31)29-27(30-25)34-11-5-6-12-34/h1-2,7-8,17-19H,3-6,9-16,28H2. The number of carbonyl (C=O) groups is 1. The van der Waals surface area contributed by atoms with Crippen LogP contribution in [-0.4, -0.2) is 73.1 Å². The number of piperazine rings is 1. The number of nitrogens with zero attached hydrogens (tertiary/aromatic N) is 6. The zero-order valence-corrected chi connectivity index (χ0v) is 20.2. The normalized spacial score (nSPS) is 18.6. The summed E-state index contributed by atoms with van der Waals surface area (Å²) in [6.45, 7) is 6.96. The van der Waals surface area contributed by atoms with Crippen molar-refractivity contribution in [2.45, 2.75) is 25.7 Å². The molecule has 3 fully saturated rings. The van der Waals surface area contributed by atoms with E-state index in [4.69, 9.17) is 15.7 Å². The minimum absolute atomic E-state index is 0.00565. The summed E-state index contributed by atoms with van der Waals surface area (Å²) >= 11 is 0. The first-order valence-corrected chi connectivity index (χ1v) is 12.9. The van der Waals surface area contributed by atoms with Gasteiger partial charge in [-0.1, -0.05) is 24.3 Å². The molecule has 0 atom stereocenters. The Morgan fingerprint density at radius 3 is 1.86 bits per heavy atom. The van der Waals surface area contributed by atoms with E-state index in [1.165, 1.54) is 25.7 Å². The van der Waals surface area contributed by atoms with Crippen LogP contribution in [0.1, 0.15) is 36.0 Å². The number of hydrogen-bond acceptors (Lipinski definition) is 7. The Hall–Kier alpha value is -3.55. The molecule has 1 amide bonds. The first-order chi connectivity index (χ1) is 17.2. The second kappa shape index (κ2) is 9.24. The van der Waals surface area contributed by atoms with Crippen LogP contribution in [0, 0.1) is 0 Å². The summed E-state index contributed by atoms with van der Waals surface area (Å²) in [7, 11) is 0. The summed E-state index contributed by atoms with van der Waals surface area (Å²) in [5, 5.41) is 2.09. The number of anilines is 4. The highest BCUT2D eigenvalue weighted by atomic mass is 16.2. The molecular formula is C27H33N7O. The summed E-state index contributed by atoms with van der Waals surface area (Å²) in [4.78, 5) is 32.2. The molecule has 4 heterocycles. The third-order valence-electron chi connectivity index (χ3n) is 7.55. The highest BCUT2D eigenvalue weighted by molar-refractivity contribution is 6.04. The SMILES string of the molecule is Nc1cc2ccccc2cc1C(=O)N1CCN(c2cc(N3CCCC3)nc(N3CCCC3)n2)CC1. The van der Waals surface area contributed by atoms with Gasteiger partial charge in [0.2, 0.25) is 5.95 Å². The number of nitrogens with two attached hydrogens (primary N) is 1. The molecule has 2 N–H and O–H groups in total. The number of aromatic nitrogens is 2. The van der Waals surface area contributed by atoms with E-state index in [9.17, 15) is 4.79 Å². The first kappa shape index (κ1) is 21.9. The molecule has 3 aliphatic rings. The van der Waals surface area contributed by atoms with Crippen LogP contribution in [-0.2, 0) is 0 Å². The smallest absolute Gasteiger partial charge is 0.256 e. The van der Waals surface area contributed by atoms with E-state index in [0.717, 1.165) is 67.6 Å². The van der Waals surface area contributed by atoms with Gasteiger partial charge in [0.25, 0.3) is 5.91 Å². The van der Waals surface area contributed by atoms with Gasteiger partial charge in [-0.15, -0.1) is 0 Å². The summed E-state index contributed by atoms with van der Waals surface area (Å²) in [5.41, 5.74) is 7.41. The molecule has 3 aliphatic heterocycles. The molecule has 35 heavy (non-hydrogen) atoms. The van der Waals surface area contributed by atoms with Crippen LogP contribution in [0.25, 0.3) is 10.8 Å². The summed E-state index contributed by atoms with van der Waals surface area (Å²) in [5.74, 6) is 2.87. The lowest BCUT2D eigenvalue weighted by Crippen LogP contribution is -2.49. The Balaban J connectivity index is 1.20. The first-order valence-electron chi connectivity index (χ1n) is 12.9. The van der Waals surface area contributed by atoms with Gasteiger partial charge in [-0.05, 0) is 48.6 Å². The summed E-state index contributed by atoms with van der Waals surface area (Å²) < 4.78 is 0. The predicted molar refractivity (Wildman–Crippen MR) is 141 cm³/mol. The second-order valence-electron chi connectivity index (χ2n) is 9.84. The van der Waals surface area contributed by atoms with Gasteiger partial charge in [0, 0.05) is 64.1 Å². The predicted octanol–water partition coefficient (Wildman–Crippen LogP) is 3.37. The third kappa shape index (κ3) is 4.33. The van der Waals surface area contributed by atoms with Crippen molar-refractivity contribution in [1.82, 2.24) is 14.9 Å². The van der Waals surface area contributed by atoms with Crippen LogP contribution >= 0.6 is 0 Å². The number of hydrogen-bond donors (Lipinski definition) is 1. The van der Waals surface area contributed by atoms with Gasteiger partial charge < -0.3 is 25.3 Å². The number of carbonyl (C=O) groups excluding carboxylic acids is 1. The number of nitrogen functional groups attached to an aromatic ring is 1. The van der Waals surface area contributed by atoms with Gasteiger partial charge in [0.05, 0.1) is 5.56 Å². The minimum atomic E-state index is 0.00565. The molecule has 1 aromatic heterocycles. The largest absolute Gasteiger partial charge is 0.398 e. The van der Waals surface area contributed by atoms with Crippen LogP contribution in [0.4, 0.5) is 23.3 Å². The molecule has 0 spiro atoms. The Labute approximate surface area is 206 Å². The molecule has 0 bridgehead atoms. The monoisotopic (exact) mass is 471 g/mol. The van der Waals surface area contributed by atoms with Crippen LogP contribution in [0.15, 0.2) is 42.5 Å². The molecule has 3 aromatic rings. The van der Waals surface area contributed by atoms with Crippen molar-refractivity contribution >= 4 is 40.0 Å². The molecule has 0 saturated carbocycles. The number of benzene rings is 2. The van der Waals surface area contributed by atoms with E-state index in [0.29, 0.717) is 24.3 Å². The van der Waals surface area contributed by atoms with Gasteiger partial charge in [-0.3, -0.25) is 4.79 Å². The zero-order chi connectivity index (χ0) is 23.8. The molecule has 182 valence electrons. The van der Waals surface area contributed by atoms with Crippen molar-refractivity contribution < 1.29 is 4.79 Å². The fraction of sp³-hybridized carbons (Fsp3) is 0.444. The van der Waals surface area contributed by atoms with Crippen LogP contribution in [0.2, 0.25) is 0 Å². The Bertz CT molecular complexity index is 1190. The molecule has 8 heteroatoms. The highest BCUT2D eigenvalue weighted by Crippen LogP contribution is 2.29. The molecule has 2 aromatic carbocycles. The maximum Gasteiger partial charge on any atom is 0.256 e. The van der Waals surface area contributed by atoms with Crippen molar-refractivity contribution in [3.8, 4) is 0 Å². The number of fused-ring (bicyclic) bond motifs is 1. The van der Waals surface area contributed by atoms with E-state index in [1.807, 2.05) is 41.3 Å². The maximum absolute atomic E-state index is 13.4. The topological polar surface area (TPSA) is 81.8 Å². The lowest BCUT2D eigenvalue weighted by molar-refractivity contribution is 0.0747.